The number of carbonyl (C=O) groups is 2. The molecule has 0 N–H and O–H groups in total. The molecule has 0 atom stereocenters. The molecule has 2 aliphatic rings. The molecule has 7 heteroatoms. The molecule has 0 radical (unpaired) electrons. The number of halogens is 1. The molecule has 42 heavy (non-hydrogen) atoms. The summed E-state index contributed by atoms with van der Waals surface area (Å²) in [7, 11) is 0. The number of aryl methyl sites for hydroxylation is 2. The zero-order valence-corrected chi connectivity index (χ0v) is 24.5. The van der Waals surface area contributed by atoms with Gasteiger partial charge < -0.3 is 14.5 Å². The van der Waals surface area contributed by atoms with E-state index in [0.717, 1.165) is 41.2 Å². The zero-order chi connectivity index (χ0) is 29.2. The Morgan fingerprint density at radius 2 is 1.62 bits per heavy atom. The fourth-order valence-corrected chi connectivity index (χ4v) is 5.71. The number of para-hydroxylation sites is 2. The Labute approximate surface area is 251 Å². The SMILES string of the molecule is Cc1cccc(CN2C(=O)/C(=C\c3ccc(C(=O)N4CCN(c5cc(Cl)ccc5C)CC4)cc3)Oc3ccccc32)c1. The van der Waals surface area contributed by atoms with Crippen molar-refractivity contribution in [3.05, 3.63) is 130 Å². The molecule has 0 aliphatic carbocycles. The van der Waals surface area contributed by atoms with Crippen LogP contribution in [0, 0.1) is 13.8 Å². The normalized spacial score (nSPS) is 15.9. The van der Waals surface area contributed by atoms with Crippen LogP contribution in [-0.2, 0) is 11.3 Å². The molecule has 0 spiro atoms. The van der Waals surface area contributed by atoms with E-state index in [4.69, 9.17) is 16.3 Å². The van der Waals surface area contributed by atoms with Gasteiger partial charge in [-0.1, -0.05) is 71.8 Å². The first kappa shape index (κ1) is 27.6. The van der Waals surface area contributed by atoms with Crippen LogP contribution in [0.1, 0.15) is 32.6 Å². The van der Waals surface area contributed by atoms with Gasteiger partial charge in [-0.2, -0.15) is 0 Å². The van der Waals surface area contributed by atoms with Gasteiger partial charge in [0.2, 0.25) is 0 Å². The summed E-state index contributed by atoms with van der Waals surface area (Å²) in [6.45, 7) is 7.32. The van der Waals surface area contributed by atoms with Gasteiger partial charge in [-0.05, 0) is 73.0 Å². The maximum atomic E-state index is 13.6. The Kier molecular flexibility index (Phi) is 7.72. The van der Waals surface area contributed by atoms with Crippen LogP contribution in [0.4, 0.5) is 11.4 Å². The number of amides is 2. The number of carbonyl (C=O) groups excluding carboxylic acids is 2. The van der Waals surface area contributed by atoms with Gasteiger partial charge in [-0.25, -0.2) is 0 Å². The number of fused-ring (bicyclic) bond motifs is 1. The van der Waals surface area contributed by atoms with Gasteiger partial charge in [0.25, 0.3) is 11.8 Å². The van der Waals surface area contributed by atoms with E-state index < -0.39 is 0 Å². The quantitative estimate of drug-likeness (QED) is 0.243. The summed E-state index contributed by atoms with van der Waals surface area (Å²) in [5.41, 5.74) is 6.62. The van der Waals surface area contributed by atoms with Crippen molar-refractivity contribution >= 4 is 40.9 Å². The highest BCUT2D eigenvalue weighted by Gasteiger charge is 2.30. The molecule has 6 rings (SSSR count). The van der Waals surface area contributed by atoms with Crippen molar-refractivity contribution in [2.45, 2.75) is 20.4 Å². The highest BCUT2D eigenvalue weighted by molar-refractivity contribution is 6.30. The lowest BCUT2D eigenvalue weighted by Gasteiger charge is -2.37. The molecule has 0 bridgehead atoms. The number of piperazine rings is 1. The largest absolute Gasteiger partial charge is 0.449 e. The van der Waals surface area contributed by atoms with Crippen LogP contribution in [0.3, 0.4) is 0 Å². The van der Waals surface area contributed by atoms with E-state index >= 15 is 0 Å². The summed E-state index contributed by atoms with van der Waals surface area (Å²) in [6, 6.07) is 29.0. The highest BCUT2D eigenvalue weighted by atomic mass is 35.5. The van der Waals surface area contributed by atoms with E-state index in [9.17, 15) is 9.59 Å². The second kappa shape index (κ2) is 11.7. The standard InChI is InChI=1S/C35H32ClN3O3/c1-24-6-5-7-27(20-24)23-39-30-8-3-4-9-32(30)42-33(35(39)41)21-26-11-13-28(14-12-26)34(40)38-18-16-37(17-19-38)31-22-29(36)15-10-25(31)2/h3-15,20-22H,16-19,23H2,1-2H3/b33-21+. The number of rotatable bonds is 5. The topological polar surface area (TPSA) is 53.1 Å². The predicted octanol–water partition coefficient (Wildman–Crippen LogP) is 6.89. The second-order valence-electron chi connectivity index (χ2n) is 10.8. The maximum Gasteiger partial charge on any atom is 0.294 e. The van der Waals surface area contributed by atoms with E-state index in [2.05, 4.69) is 17.9 Å². The number of hydrogen-bond acceptors (Lipinski definition) is 4. The summed E-state index contributed by atoms with van der Waals surface area (Å²) in [4.78, 5) is 32.8. The van der Waals surface area contributed by atoms with E-state index in [1.807, 2.05) is 96.8 Å². The van der Waals surface area contributed by atoms with E-state index in [1.54, 1.807) is 11.0 Å². The van der Waals surface area contributed by atoms with Crippen LogP contribution in [0.2, 0.25) is 5.02 Å². The number of anilines is 2. The van der Waals surface area contributed by atoms with Crippen molar-refractivity contribution in [1.29, 1.82) is 0 Å². The van der Waals surface area contributed by atoms with Crippen molar-refractivity contribution in [2.24, 2.45) is 0 Å². The second-order valence-corrected chi connectivity index (χ2v) is 11.2. The first-order valence-electron chi connectivity index (χ1n) is 14.1. The molecule has 2 amide bonds. The lowest BCUT2D eigenvalue weighted by Crippen LogP contribution is -2.49. The zero-order valence-electron chi connectivity index (χ0n) is 23.7. The van der Waals surface area contributed by atoms with Gasteiger partial charge >= 0.3 is 0 Å². The maximum absolute atomic E-state index is 13.6. The van der Waals surface area contributed by atoms with Crippen molar-refractivity contribution in [2.75, 3.05) is 36.0 Å². The first-order chi connectivity index (χ1) is 20.4. The van der Waals surface area contributed by atoms with Gasteiger partial charge in [0.05, 0.1) is 12.2 Å². The summed E-state index contributed by atoms with van der Waals surface area (Å²) in [6.07, 6.45) is 1.74. The van der Waals surface area contributed by atoms with Gasteiger partial charge in [0.1, 0.15) is 0 Å². The molecule has 0 aromatic heterocycles. The number of ether oxygens (including phenoxy) is 1. The van der Waals surface area contributed by atoms with Gasteiger partial charge in [0.15, 0.2) is 11.5 Å². The van der Waals surface area contributed by atoms with Crippen LogP contribution in [0.15, 0.2) is 96.8 Å². The summed E-state index contributed by atoms with van der Waals surface area (Å²) in [5, 5.41) is 0.715. The summed E-state index contributed by atoms with van der Waals surface area (Å²) >= 11 is 6.22. The van der Waals surface area contributed by atoms with Crippen molar-refractivity contribution < 1.29 is 14.3 Å². The summed E-state index contributed by atoms with van der Waals surface area (Å²) < 4.78 is 6.06. The molecule has 0 saturated carbocycles. The molecule has 0 unspecified atom stereocenters. The third-order valence-corrected chi connectivity index (χ3v) is 8.02. The molecule has 1 saturated heterocycles. The van der Waals surface area contributed by atoms with E-state index in [-0.39, 0.29) is 17.6 Å². The smallest absolute Gasteiger partial charge is 0.294 e. The highest BCUT2D eigenvalue weighted by Crippen LogP contribution is 2.36. The van der Waals surface area contributed by atoms with Gasteiger partial charge in [-0.15, -0.1) is 0 Å². The van der Waals surface area contributed by atoms with Crippen molar-refractivity contribution in [3.63, 3.8) is 0 Å². The van der Waals surface area contributed by atoms with Crippen LogP contribution in [0.5, 0.6) is 5.75 Å². The Hall–Kier alpha value is -4.55. The lowest BCUT2D eigenvalue weighted by molar-refractivity contribution is -0.117. The van der Waals surface area contributed by atoms with Crippen LogP contribution in [0.25, 0.3) is 6.08 Å². The minimum absolute atomic E-state index is 0.0000751. The van der Waals surface area contributed by atoms with Crippen molar-refractivity contribution in [3.8, 4) is 5.75 Å². The Balaban J connectivity index is 1.16. The number of benzene rings is 4. The molecule has 2 aliphatic heterocycles. The third-order valence-electron chi connectivity index (χ3n) is 7.79. The van der Waals surface area contributed by atoms with Crippen molar-refractivity contribution in [1.82, 2.24) is 4.90 Å². The fourth-order valence-electron chi connectivity index (χ4n) is 5.54. The Morgan fingerprint density at radius 1 is 0.857 bits per heavy atom. The molecular weight excluding hydrogens is 546 g/mol. The van der Waals surface area contributed by atoms with Crippen LogP contribution in [-0.4, -0.2) is 42.9 Å². The molecule has 6 nitrogen and oxygen atoms in total. The Bertz CT molecular complexity index is 1670. The third kappa shape index (κ3) is 5.76. The average Bonchev–Trinajstić information content (AvgIpc) is 3.00. The monoisotopic (exact) mass is 577 g/mol. The number of hydrogen-bond donors (Lipinski definition) is 0. The number of nitrogens with zero attached hydrogens (tertiary/aromatic N) is 3. The van der Waals surface area contributed by atoms with Crippen LogP contribution >= 0.6 is 11.6 Å². The molecule has 2 heterocycles. The van der Waals surface area contributed by atoms with Gasteiger partial charge in [0, 0.05) is 42.5 Å². The summed E-state index contributed by atoms with van der Waals surface area (Å²) in [5.74, 6) is 0.672. The molecule has 212 valence electrons. The van der Waals surface area contributed by atoms with E-state index in [0.29, 0.717) is 36.0 Å². The average molecular weight is 578 g/mol. The van der Waals surface area contributed by atoms with Crippen LogP contribution < -0.4 is 14.5 Å². The Morgan fingerprint density at radius 3 is 2.38 bits per heavy atom. The van der Waals surface area contributed by atoms with Gasteiger partial charge in [-0.3, -0.25) is 14.5 Å². The molecular formula is C35H32ClN3O3. The minimum atomic E-state index is -0.205. The fraction of sp³-hybridized carbons (Fsp3) is 0.200. The molecule has 4 aromatic carbocycles. The first-order valence-corrected chi connectivity index (χ1v) is 14.5. The lowest BCUT2D eigenvalue weighted by atomic mass is 10.1. The minimum Gasteiger partial charge on any atom is -0.449 e. The van der Waals surface area contributed by atoms with E-state index in [1.165, 1.54) is 5.56 Å². The predicted molar refractivity (Wildman–Crippen MR) is 168 cm³/mol. The molecule has 4 aromatic rings. The molecule has 1 fully saturated rings.